The third-order valence-electron chi connectivity index (χ3n) is 2.99. The Balaban J connectivity index is 0.000000980. The molecule has 2 fully saturated rings. The predicted octanol–water partition coefficient (Wildman–Crippen LogP) is -3.77. The van der Waals surface area contributed by atoms with Gasteiger partial charge in [-0.15, -0.1) is 0 Å². The standard InChI is InChI=1S/C9H18NO3.ClH/c11-4-1-10(7-9-8-13-9)2-5-12-6-3-10;/h9,11H,1-8H2;1H/q+1;/p-1. The summed E-state index contributed by atoms with van der Waals surface area (Å²) in [4.78, 5) is 0. The van der Waals surface area contributed by atoms with Gasteiger partial charge >= 0.3 is 0 Å². The van der Waals surface area contributed by atoms with Crippen LogP contribution in [0.2, 0.25) is 0 Å². The van der Waals surface area contributed by atoms with Crippen LogP contribution >= 0.6 is 0 Å². The number of hydrogen-bond acceptors (Lipinski definition) is 3. The molecule has 84 valence electrons. The van der Waals surface area contributed by atoms with Gasteiger partial charge in [0.05, 0.1) is 26.4 Å². The molecule has 4 nitrogen and oxygen atoms in total. The Kier molecular flexibility index (Phi) is 4.60. The van der Waals surface area contributed by atoms with Crippen molar-refractivity contribution in [1.29, 1.82) is 0 Å². The van der Waals surface area contributed by atoms with Gasteiger partial charge in [0, 0.05) is 0 Å². The first-order valence-corrected chi connectivity index (χ1v) is 5.00. The molecule has 2 aliphatic heterocycles. The van der Waals surface area contributed by atoms with Crippen LogP contribution in [-0.2, 0) is 9.47 Å². The number of quaternary nitrogens is 1. The Morgan fingerprint density at radius 3 is 2.43 bits per heavy atom. The Morgan fingerprint density at radius 1 is 1.29 bits per heavy atom. The van der Waals surface area contributed by atoms with Gasteiger partial charge in [-0.1, -0.05) is 0 Å². The van der Waals surface area contributed by atoms with E-state index in [1.165, 1.54) is 0 Å². The zero-order chi connectivity index (χ0) is 9.15. The fraction of sp³-hybridized carbons (Fsp3) is 1.00. The van der Waals surface area contributed by atoms with Crippen LogP contribution in [0.1, 0.15) is 0 Å². The molecule has 0 bridgehead atoms. The Morgan fingerprint density at radius 2 is 1.93 bits per heavy atom. The second-order valence-electron chi connectivity index (χ2n) is 3.99. The van der Waals surface area contributed by atoms with Gasteiger partial charge in [-0.25, -0.2) is 0 Å². The normalized spacial score (nSPS) is 29.4. The SMILES string of the molecule is OCC[N+]1(CC2CO2)CCOCC1.[Cl-]. The molecule has 1 N–H and O–H groups in total. The van der Waals surface area contributed by atoms with Gasteiger partial charge in [-0.05, 0) is 0 Å². The van der Waals surface area contributed by atoms with Crippen molar-refractivity contribution in [2.45, 2.75) is 6.10 Å². The molecule has 0 aliphatic carbocycles. The lowest BCUT2D eigenvalue weighted by Crippen LogP contribution is -3.00. The molecule has 0 aromatic heterocycles. The van der Waals surface area contributed by atoms with Crippen LogP contribution in [-0.4, -0.2) is 68.3 Å². The fourth-order valence-corrected chi connectivity index (χ4v) is 2.05. The van der Waals surface area contributed by atoms with Crippen LogP contribution in [0.25, 0.3) is 0 Å². The maximum Gasteiger partial charge on any atom is 0.130 e. The quantitative estimate of drug-likeness (QED) is 0.393. The van der Waals surface area contributed by atoms with Crippen molar-refractivity contribution >= 4 is 0 Å². The summed E-state index contributed by atoms with van der Waals surface area (Å²) >= 11 is 0. The van der Waals surface area contributed by atoms with E-state index in [1.54, 1.807) is 0 Å². The third kappa shape index (κ3) is 3.07. The molecule has 0 spiro atoms. The number of rotatable bonds is 4. The van der Waals surface area contributed by atoms with Crippen LogP contribution < -0.4 is 12.4 Å². The maximum absolute atomic E-state index is 9.02. The molecule has 1 unspecified atom stereocenters. The van der Waals surface area contributed by atoms with Crippen molar-refractivity contribution in [2.75, 3.05) is 52.6 Å². The van der Waals surface area contributed by atoms with E-state index in [9.17, 15) is 0 Å². The molecule has 0 aromatic rings. The van der Waals surface area contributed by atoms with Crippen molar-refractivity contribution < 1.29 is 31.5 Å². The molecule has 2 aliphatic rings. The minimum Gasteiger partial charge on any atom is -1.00 e. The smallest absolute Gasteiger partial charge is 0.130 e. The predicted molar refractivity (Wildman–Crippen MR) is 47.4 cm³/mol. The summed E-state index contributed by atoms with van der Waals surface area (Å²) in [6, 6.07) is 0. The number of epoxide rings is 1. The van der Waals surface area contributed by atoms with Crippen molar-refractivity contribution in [3.8, 4) is 0 Å². The minimum absolute atomic E-state index is 0. The van der Waals surface area contributed by atoms with Crippen LogP contribution in [0.15, 0.2) is 0 Å². The third-order valence-corrected chi connectivity index (χ3v) is 2.99. The average molecular weight is 224 g/mol. The van der Waals surface area contributed by atoms with Gasteiger partial charge in [0.2, 0.25) is 0 Å². The molecule has 2 saturated heterocycles. The second kappa shape index (κ2) is 5.28. The Hall–Kier alpha value is 0.130. The zero-order valence-corrected chi connectivity index (χ0v) is 9.08. The monoisotopic (exact) mass is 223 g/mol. The largest absolute Gasteiger partial charge is 1.00 e. The number of aliphatic hydroxyl groups excluding tert-OH is 1. The highest BCUT2D eigenvalue weighted by atomic mass is 35.5. The second-order valence-corrected chi connectivity index (χ2v) is 3.99. The summed E-state index contributed by atoms with van der Waals surface area (Å²) < 4.78 is 11.6. The number of nitrogens with zero attached hydrogens (tertiary/aromatic N) is 1. The highest BCUT2D eigenvalue weighted by Crippen LogP contribution is 2.19. The summed E-state index contributed by atoms with van der Waals surface area (Å²) in [5, 5.41) is 9.02. The first kappa shape index (κ1) is 12.2. The van der Waals surface area contributed by atoms with Crippen molar-refractivity contribution in [3.63, 3.8) is 0 Å². The Bertz CT molecular complexity index is 164. The van der Waals surface area contributed by atoms with Crippen molar-refractivity contribution in [2.24, 2.45) is 0 Å². The molecule has 0 amide bonds. The van der Waals surface area contributed by atoms with Crippen molar-refractivity contribution in [3.05, 3.63) is 0 Å². The highest BCUT2D eigenvalue weighted by molar-refractivity contribution is 4.69. The summed E-state index contributed by atoms with van der Waals surface area (Å²) in [6.07, 6.45) is 0.449. The van der Waals surface area contributed by atoms with Gasteiger partial charge in [-0.2, -0.15) is 0 Å². The lowest BCUT2D eigenvalue weighted by Gasteiger charge is -2.40. The van der Waals surface area contributed by atoms with E-state index in [-0.39, 0.29) is 19.0 Å². The van der Waals surface area contributed by atoms with Crippen LogP contribution in [0, 0.1) is 0 Å². The van der Waals surface area contributed by atoms with Gasteiger partial charge in [-0.3, -0.25) is 0 Å². The lowest BCUT2D eigenvalue weighted by atomic mass is 10.2. The molecular formula is C9H18ClNO3. The van der Waals surface area contributed by atoms with E-state index in [1.807, 2.05) is 0 Å². The van der Waals surface area contributed by atoms with E-state index in [0.717, 1.165) is 50.5 Å². The molecule has 2 heterocycles. The molecule has 5 heteroatoms. The Labute approximate surface area is 90.8 Å². The van der Waals surface area contributed by atoms with E-state index in [4.69, 9.17) is 14.6 Å². The molecule has 2 rings (SSSR count). The number of morpholine rings is 1. The minimum atomic E-state index is 0. The van der Waals surface area contributed by atoms with Crippen LogP contribution in [0.3, 0.4) is 0 Å². The number of halogens is 1. The van der Waals surface area contributed by atoms with E-state index >= 15 is 0 Å². The van der Waals surface area contributed by atoms with Gasteiger partial charge < -0.3 is 31.5 Å². The molecular weight excluding hydrogens is 206 g/mol. The van der Waals surface area contributed by atoms with Gasteiger partial charge in [0.1, 0.15) is 32.3 Å². The lowest BCUT2D eigenvalue weighted by molar-refractivity contribution is -0.935. The molecule has 14 heavy (non-hydrogen) atoms. The van der Waals surface area contributed by atoms with Crippen LogP contribution in [0.4, 0.5) is 0 Å². The van der Waals surface area contributed by atoms with Gasteiger partial charge in [0.25, 0.3) is 0 Å². The average Bonchev–Trinajstić information content (AvgIpc) is 2.90. The first-order chi connectivity index (χ1) is 6.35. The molecule has 0 radical (unpaired) electrons. The van der Waals surface area contributed by atoms with E-state index in [0.29, 0.717) is 6.10 Å². The number of aliphatic hydroxyl groups is 1. The van der Waals surface area contributed by atoms with E-state index in [2.05, 4.69) is 0 Å². The highest BCUT2D eigenvalue weighted by Gasteiger charge is 2.37. The van der Waals surface area contributed by atoms with Crippen LogP contribution in [0.5, 0.6) is 0 Å². The molecule has 0 saturated carbocycles. The van der Waals surface area contributed by atoms with Crippen molar-refractivity contribution in [1.82, 2.24) is 0 Å². The molecule has 0 aromatic carbocycles. The summed E-state index contributed by atoms with van der Waals surface area (Å²) in [7, 11) is 0. The summed E-state index contributed by atoms with van der Waals surface area (Å²) in [5.74, 6) is 0. The summed E-state index contributed by atoms with van der Waals surface area (Å²) in [6.45, 7) is 6.80. The zero-order valence-electron chi connectivity index (χ0n) is 8.32. The fourth-order valence-electron chi connectivity index (χ4n) is 2.05. The number of ether oxygens (including phenoxy) is 2. The maximum atomic E-state index is 9.02. The molecule has 1 atom stereocenters. The van der Waals surface area contributed by atoms with Gasteiger partial charge in [0.15, 0.2) is 0 Å². The topological polar surface area (TPSA) is 42.0 Å². The van der Waals surface area contributed by atoms with E-state index < -0.39 is 0 Å². The first-order valence-electron chi connectivity index (χ1n) is 5.00. The summed E-state index contributed by atoms with van der Waals surface area (Å²) in [5.41, 5.74) is 0. The number of hydrogen-bond donors (Lipinski definition) is 1.